The van der Waals surface area contributed by atoms with Crippen LogP contribution >= 0.6 is 0 Å². The van der Waals surface area contributed by atoms with Crippen molar-refractivity contribution >= 4 is 18.0 Å². The highest BCUT2D eigenvalue weighted by molar-refractivity contribution is 5.86. The molecular weight excluding hydrogens is 518 g/mol. The number of amides is 2. The Kier molecular flexibility index (Phi) is 8.69. The lowest BCUT2D eigenvalue weighted by Crippen LogP contribution is -2.57. The zero-order valence-corrected chi connectivity index (χ0v) is 23.5. The van der Waals surface area contributed by atoms with Gasteiger partial charge in [-0.15, -0.1) is 0 Å². The van der Waals surface area contributed by atoms with Crippen molar-refractivity contribution in [2.24, 2.45) is 5.92 Å². The number of likely N-dealkylation sites (N-methyl/N-ethyl adjacent to an activating group) is 1. The molecular formula is C33H37N3O5. The van der Waals surface area contributed by atoms with Crippen LogP contribution in [-0.4, -0.2) is 71.7 Å². The number of benzene rings is 3. The van der Waals surface area contributed by atoms with E-state index in [4.69, 9.17) is 4.74 Å². The average molecular weight is 556 g/mol. The van der Waals surface area contributed by atoms with E-state index in [2.05, 4.69) is 29.6 Å². The molecule has 0 aromatic heterocycles. The van der Waals surface area contributed by atoms with E-state index in [1.807, 2.05) is 73.5 Å². The summed E-state index contributed by atoms with van der Waals surface area (Å²) < 4.78 is 5.77. The van der Waals surface area contributed by atoms with Crippen molar-refractivity contribution in [2.75, 3.05) is 26.7 Å². The molecule has 0 radical (unpaired) electrons. The summed E-state index contributed by atoms with van der Waals surface area (Å²) in [6, 6.07) is 25.1. The van der Waals surface area contributed by atoms with Gasteiger partial charge in [0.25, 0.3) is 0 Å². The van der Waals surface area contributed by atoms with Gasteiger partial charge in [-0.2, -0.15) is 0 Å². The van der Waals surface area contributed by atoms with Gasteiger partial charge in [0.15, 0.2) is 0 Å². The van der Waals surface area contributed by atoms with Crippen molar-refractivity contribution in [3.05, 3.63) is 95.6 Å². The Morgan fingerprint density at radius 1 is 0.976 bits per heavy atom. The number of nitrogens with zero attached hydrogens (tertiary/aromatic N) is 2. The van der Waals surface area contributed by atoms with E-state index in [0.29, 0.717) is 25.9 Å². The van der Waals surface area contributed by atoms with Gasteiger partial charge >= 0.3 is 12.1 Å². The average Bonchev–Trinajstić information content (AvgIpc) is 3.29. The van der Waals surface area contributed by atoms with E-state index in [1.54, 1.807) is 4.90 Å². The number of hydrogen-bond acceptors (Lipinski definition) is 5. The molecule has 3 atom stereocenters. The van der Waals surface area contributed by atoms with Crippen molar-refractivity contribution in [3.63, 3.8) is 0 Å². The van der Waals surface area contributed by atoms with Crippen LogP contribution in [0.1, 0.15) is 42.4 Å². The number of alkyl carbamates (subject to hydrolysis) is 1. The first kappa shape index (κ1) is 28.4. The number of carboxylic acid groups (broad SMARTS) is 1. The Balaban J connectivity index is 1.28. The van der Waals surface area contributed by atoms with E-state index >= 15 is 0 Å². The number of carbonyl (C=O) groups is 3. The second-order valence-corrected chi connectivity index (χ2v) is 11.1. The van der Waals surface area contributed by atoms with Gasteiger partial charge in [0.1, 0.15) is 12.6 Å². The molecule has 3 aromatic rings. The zero-order chi connectivity index (χ0) is 28.9. The first-order valence-electron chi connectivity index (χ1n) is 14.2. The molecule has 1 saturated heterocycles. The molecule has 2 N–H and O–H groups in total. The third kappa shape index (κ3) is 6.43. The van der Waals surface area contributed by atoms with Gasteiger partial charge < -0.3 is 20.1 Å². The van der Waals surface area contributed by atoms with Gasteiger partial charge in [-0.25, -0.2) is 4.79 Å². The van der Waals surface area contributed by atoms with E-state index in [9.17, 15) is 19.5 Å². The summed E-state index contributed by atoms with van der Waals surface area (Å²) in [4.78, 5) is 42.2. The Bertz CT molecular complexity index is 1350. The molecule has 1 unspecified atom stereocenters. The van der Waals surface area contributed by atoms with Crippen molar-refractivity contribution in [1.29, 1.82) is 0 Å². The van der Waals surface area contributed by atoms with Crippen LogP contribution < -0.4 is 5.32 Å². The summed E-state index contributed by atoms with van der Waals surface area (Å²) >= 11 is 0. The topological polar surface area (TPSA) is 99.2 Å². The van der Waals surface area contributed by atoms with Crippen molar-refractivity contribution in [1.82, 2.24) is 15.1 Å². The van der Waals surface area contributed by atoms with Crippen LogP contribution in [0.5, 0.6) is 0 Å². The first-order chi connectivity index (χ1) is 19.8. The molecule has 8 nitrogen and oxygen atoms in total. The maximum Gasteiger partial charge on any atom is 0.407 e. The van der Waals surface area contributed by atoms with Crippen LogP contribution in [0.2, 0.25) is 0 Å². The highest BCUT2D eigenvalue weighted by Crippen LogP contribution is 2.44. The number of piperidine rings is 1. The lowest BCUT2D eigenvalue weighted by Gasteiger charge is -2.38. The zero-order valence-electron chi connectivity index (χ0n) is 23.5. The van der Waals surface area contributed by atoms with Gasteiger partial charge in [0, 0.05) is 31.6 Å². The highest BCUT2D eigenvalue weighted by atomic mass is 16.5. The number of likely N-dealkylation sites (tertiary alicyclic amines) is 1. The normalized spacial score (nSPS) is 18.9. The van der Waals surface area contributed by atoms with Gasteiger partial charge in [-0.3, -0.25) is 14.5 Å². The fourth-order valence-electron chi connectivity index (χ4n) is 6.16. The van der Waals surface area contributed by atoms with Crippen LogP contribution in [0.25, 0.3) is 11.1 Å². The minimum absolute atomic E-state index is 0.0851. The summed E-state index contributed by atoms with van der Waals surface area (Å²) in [5.41, 5.74) is 5.62. The van der Waals surface area contributed by atoms with E-state index in [0.717, 1.165) is 27.8 Å². The molecule has 1 aliphatic carbocycles. The van der Waals surface area contributed by atoms with Crippen molar-refractivity contribution in [3.8, 4) is 11.1 Å². The van der Waals surface area contributed by atoms with Gasteiger partial charge in [0.05, 0.1) is 5.92 Å². The number of fused-ring (bicyclic) bond motifs is 3. The number of nitrogens with one attached hydrogen (secondary N) is 1. The number of carboxylic acids is 1. The number of hydrogen-bond donors (Lipinski definition) is 2. The molecule has 5 rings (SSSR count). The van der Waals surface area contributed by atoms with Gasteiger partial charge in [-0.1, -0.05) is 78.9 Å². The molecule has 1 heterocycles. The fraction of sp³-hybridized carbons (Fsp3) is 0.364. The lowest BCUT2D eigenvalue weighted by molar-refractivity contribution is -0.148. The molecule has 0 saturated carbocycles. The predicted octanol–water partition coefficient (Wildman–Crippen LogP) is 4.74. The molecule has 8 heteroatoms. The molecule has 0 spiro atoms. The molecule has 2 aliphatic rings. The second-order valence-electron chi connectivity index (χ2n) is 11.1. The molecule has 1 fully saturated rings. The lowest BCUT2D eigenvalue weighted by atomic mass is 9.91. The third-order valence-corrected chi connectivity index (χ3v) is 8.23. The van der Waals surface area contributed by atoms with Crippen molar-refractivity contribution in [2.45, 2.75) is 44.3 Å². The van der Waals surface area contributed by atoms with Gasteiger partial charge in [-0.05, 0) is 54.6 Å². The molecule has 0 bridgehead atoms. The molecule has 1 aliphatic heterocycles. The van der Waals surface area contributed by atoms with Crippen LogP contribution in [0, 0.1) is 5.92 Å². The summed E-state index contributed by atoms with van der Waals surface area (Å²) in [5.74, 6) is -1.61. The summed E-state index contributed by atoms with van der Waals surface area (Å²) in [5, 5.41) is 12.3. The van der Waals surface area contributed by atoms with Crippen LogP contribution in [0.3, 0.4) is 0 Å². The van der Waals surface area contributed by atoms with E-state index < -0.39 is 24.0 Å². The Labute approximate surface area is 240 Å². The van der Waals surface area contributed by atoms with Crippen LogP contribution in [0.4, 0.5) is 4.79 Å². The number of ether oxygens (including phenoxy) is 1. The first-order valence-corrected chi connectivity index (χ1v) is 14.2. The predicted molar refractivity (Wildman–Crippen MR) is 156 cm³/mol. The van der Waals surface area contributed by atoms with E-state index in [-0.39, 0.29) is 31.0 Å². The minimum atomic E-state index is -0.844. The Morgan fingerprint density at radius 2 is 1.59 bits per heavy atom. The van der Waals surface area contributed by atoms with Crippen molar-refractivity contribution < 1.29 is 24.2 Å². The summed E-state index contributed by atoms with van der Waals surface area (Å²) in [6.07, 6.45) is 0.132. The SMILES string of the molecule is C[C@@H]1C[C@H](C(=O)O)CCN1C(=O)C(CN(C)Cc1ccccc1)NC(=O)OCC1c2ccccc2-c2ccccc21. The quantitative estimate of drug-likeness (QED) is 0.396. The monoisotopic (exact) mass is 555 g/mol. The van der Waals surface area contributed by atoms with Crippen LogP contribution in [-0.2, 0) is 20.9 Å². The number of rotatable bonds is 9. The van der Waals surface area contributed by atoms with E-state index in [1.165, 1.54) is 0 Å². The minimum Gasteiger partial charge on any atom is -0.481 e. The second kappa shape index (κ2) is 12.6. The maximum atomic E-state index is 13.8. The molecule has 2 amide bonds. The molecule has 3 aromatic carbocycles. The number of aliphatic carboxylic acids is 1. The molecule has 214 valence electrons. The van der Waals surface area contributed by atoms with Gasteiger partial charge in [0.2, 0.25) is 5.91 Å². The number of carbonyl (C=O) groups excluding carboxylic acids is 2. The largest absolute Gasteiger partial charge is 0.481 e. The smallest absolute Gasteiger partial charge is 0.407 e. The maximum absolute atomic E-state index is 13.8. The summed E-state index contributed by atoms with van der Waals surface area (Å²) in [7, 11) is 1.91. The summed E-state index contributed by atoms with van der Waals surface area (Å²) in [6.45, 7) is 3.24. The molecule has 41 heavy (non-hydrogen) atoms. The van der Waals surface area contributed by atoms with Crippen LogP contribution in [0.15, 0.2) is 78.9 Å². The standard InChI is InChI=1S/C33H37N3O5/c1-22-18-24(32(38)39)16-17-36(22)31(37)30(20-35(2)19-23-10-4-3-5-11-23)34-33(40)41-21-29-27-14-8-6-12-25(27)26-13-7-9-15-28(26)29/h3-15,22,24,29-30H,16-21H2,1-2H3,(H,34,40)(H,38,39)/t22-,24-,30?/m1/s1. The Morgan fingerprint density at radius 3 is 2.20 bits per heavy atom. The third-order valence-electron chi connectivity index (χ3n) is 8.23. The Hall–Kier alpha value is -4.17. The highest BCUT2D eigenvalue weighted by Gasteiger charge is 2.36. The fourth-order valence-corrected chi connectivity index (χ4v) is 6.16.